The number of carbonyl (C=O) groups is 1. The number of halogens is 2. The maximum atomic E-state index is 12.1. The number of aromatic nitrogens is 2. The Balaban J connectivity index is 1.53. The molecule has 2 aromatic carbocycles. The van der Waals surface area contributed by atoms with E-state index in [-0.39, 0.29) is 5.91 Å². The predicted octanol–water partition coefficient (Wildman–Crippen LogP) is 4.81. The van der Waals surface area contributed by atoms with Crippen LogP contribution in [0.2, 0.25) is 10.0 Å². The molecule has 0 aliphatic heterocycles. The minimum atomic E-state index is -0.0488. The summed E-state index contributed by atoms with van der Waals surface area (Å²) in [6.45, 7) is 0.556. The average molecular weight is 374 g/mol. The van der Waals surface area contributed by atoms with E-state index >= 15 is 0 Å². The van der Waals surface area contributed by atoms with Gasteiger partial charge < -0.3 is 5.32 Å². The highest BCUT2D eigenvalue weighted by atomic mass is 35.5. The van der Waals surface area contributed by atoms with Gasteiger partial charge in [-0.15, -0.1) is 0 Å². The van der Waals surface area contributed by atoms with E-state index in [0.717, 1.165) is 11.1 Å². The van der Waals surface area contributed by atoms with Crippen molar-refractivity contribution < 1.29 is 4.79 Å². The Labute approximate surface area is 156 Å². The lowest BCUT2D eigenvalue weighted by Crippen LogP contribution is -2.11. The van der Waals surface area contributed by atoms with Crippen LogP contribution in [-0.4, -0.2) is 15.7 Å². The van der Waals surface area contributed by atoms with Gasteiger partial charge in [-0.25, -0.2) is 0 Å². The first-order valence-corrected chi connectivity index (χ1v) is 8.66. The second-order valence-electron chi connectivity index (χ2n) is 5.69. The third-order valence-electron chi connectivity index (χ3n) is 3.76. The normalized spacial score (nSPS) is 10.6. The molecule has 1 heterocycles. The zero-order valence-corrected chi connectivity index (χ0v) is 15.0. The molecular formula is C19H17Cl2N3O. The molecule has 25 heavy (non-hydrogen) atoms. The minimum absolute atomic E-state index is 0.0488. The van der Waals surface area contributed by atoms with Crippen molar-refractivity contribution in [3.05, 3.63) is 82.1 Å². The number of carbonyl (C=O) groups excluding carboxylic acids is 1. The van der Waals surface area contributed by atoms with E-state index in [1.54, 1.807) is 17.1 Å². The lowest BCUT2D eigenvalue weighted by Gasteiger charge is -2.04. The fourth-order valence-corrected chi connectivity index (χ4v) is 2.77. The quantitative estimate of drug-likeness (QED) is 0.673. The van der Waals surface area contributed by atoms with Crippen LogP contribution in [0.3, 0.4) is 0 Å². The Kier molecular flexibility index (Phi) is 5.74. The molecule has 1 aromatic heterocycles. The summed E-state index contributed by atoms with van der Waals surface area (Å²) in [4.78, 5) is 12.1. The molecular weight excluding hydrogens is 357 g/mol. The molecule has 0 fully saturated rings. The SMILES string of the molecule is O=C(CCc1ccc(Cl)cc1)Nc1cnn(Cc2ccccc2Cl)c1. The molecule has 3 aromatic rings. The molecule has 3 rings (SSSR count). The largest absolute Gasteiger partial charge is 0.323 e. The van der Waals surface area contributed by atoms with E-state index in [1.807, 2.05) is 48.5 Å². The van der Waals surface area contributed by atoms with Crippen molar-refractivity contribution in [3.8, 4) is 0 Å². The summed E-state index contributed by atoms with van der Waals surface area (Å²) in [6, 6.07) is 15.1. The number of rotatable bonds is 6. The summed E-state index contributed by atoms with van der Waals surface area (Å²) in [5, 5.41) is 8.52. The first-order chi connectivity index (χ1) is 12.1. The van der Waals surface area contributed by atoms with Crippen LogP contribution in [0.1, 0.15) is 17.5 Å². The van der Waals surface area contributed by atoms with Crippen LogP contribution in [0.5, 0.6) is 0 Å². The maximum absolute atomic E-state index is 12.1. The van der Waals surface area contributed by atoms with Crippen molar-refractivity contribution in [1.29, 1.82) is 0 Å². The smallest absolute Gasteiger partial charge is 0.224 e. The maximum Gasteiger partial charge on any atom is 0.224 e. The highest BCUT2D eigenvalue weighted by Gasteiger charge is 2.07. The molecule has 128 valence electrons. The van der Waals surface area contributed by atoms with Crippen molar-refractivity contribution in [1.82, 2.24) is 9.78 Å². The molecule has 0 saturated carbocycles. The summed E-state index contributed by atoms with van der Waals surface area (Å²) >= 11 is 12.0. The van der Waals surface area contributed by atoms with Crippen LogP contribution < -0.4 is 5.32 Å². The van der Waals surface area contributed by atoms with Crippen LogP contribution in [0, 0.1) is 0 Å². The highest BCUT2D eigenvalue weighted by molar-refractivity contribution is 6.31. The van der Waals surface area contributed by atoms with Crippen LogP contribution in [0.25, 0.3) is 0 Å². The molecule has 1 amide bonds. The first kappa shape index (κ1) is 17.5. The van der Waals surface area contributed by atoms with E-state index in [9.17, 15) is 4.79 Å². The summed E-state index contributed by atoms with van der Waals surface area (Å²) in [5.74, 6) is -0.0488. The first-order valence-electron chi connectivity index (χ1n) is 7.90. The molecule has 0 saturated heterocycles. The van der Waals surface area contributed by atoms with Gasteiger partial charge in [0.15, 0.2) is 0 Å². The van der Waals surface area contributed by atoms with Gasteiger partial charge in [-0.2, -0.15) is 5.10 Å². The monoisotopic (exact) mass is 373 g/mol. The second-order valence-corrected chi connectivity index (χ2v) is 6.54. The van der Waals surface area contributed by atoms with E-state index in [0.29, 0.717) is 35.1 Å². The van der Waals surface area contributed by atoms with E-state index in [4.69, 9.17) is 23.2 Å². The number of amides is 1. The van der Waals surface area contributed by atoms with Crippen LogP contribution in [0.15, 0.2) is 60.9 Å². The van der Waals surface area contributed by atoms with Gasteiger partial charge in [0.1, 0.15) is 0 Å². The minimum Gasteiger partial charge on any atom is -0.323 e. The average Bonchev–Trinajstić information content (AvgIpc) is 3.03. The predicted molar refractivity (Wildman–Crippen MR) is 101 cm³/mol. The number of nitrogens with zero attached hydrogens (tertiary/aromatic N) is 2. The Morgan fingerprint density at radius 1 is 1.08 bits per heavy atom. The zero-order chi connectivity index (χ0) is 17.6. The summed E-state index contributed by atoms with van der Waals surface area (Å²) in [7, 11) is 0. The standard InChI is InChI=1S/C19H17Cl2N3O/c20-16-8-5-14(6-9-16)7-10-19(25)23-17-11-22-24(13-17)12-15-3-1-2-4-18(15)21/h1-6,8-9,11,13H,7,10,12H2,(H,23,25). The fourth-order valence-electron chi connectivity index (χ4n) is 2.45. The third kappa shape index (κ3) is 5.08. The van der Waals surface area contributed by atoms with Crippen molar-refractivity contribution in [2.45, 2.75) is 19.4 Å². The van der Waals surface area contributed by atoms with Crippen molar-refractivity contribution in [2.24, 2.45) is 0 Å². The Hall–Kier alpha value is -2.30. The topological polar surface area (TPSA) is 46.9 Å². The van der Waals surface area contributed by atoms with Crippen LogP contribution >= 0.6 is 23.2 Å². The van der Waals surface area contributed by atoms with Crippen LogP contribution in [-0.2, 0) is 17.8 Å². The summed E-state index contributed by atoms with van der Waals surface area (Å²) in [6.07, 6.45) is 4.49. The van der Waals surface area contributed by atoms with Gasteiger partial charge in [0.2, 0.25) is 5.91 Å². The molecule has 1 N–H and O–H groups in total. The lowest BCUT2D eigenvalue weighted by molar-refractivity contribution is -0.116. The van der Waals surface area contributed by atoms with E-state index < -0.39 is 0 Å². The molecule has 0 spiro atoms. The molecule has 0 unspecified atom stereocenters. The third-order valence-corrected chi connectivity index (χ3v) is 4.38. The lowest BCUT2D eigenvalue weighted by atomic mass is 10.1. The van der Waals surface area contributed by atoms with Gasteiger partial charge in [-0.3, -0.25) is 9.48 Å². The van der Waals surface area contributed by atoms with Crippen molar-refractivity contribution in [2.75, 3.05) is 5.32 Å². The summed E-state index contributed by atoms with van der Waals surface area (Å²) < 4.78 is 1.75. The van der Waals surface area contributed by atoms with Gasteiger partial charge in [-0.05, 0) is 35.7 Å². The molecule has 4 nitrogen and oxygen atoms in total. The fraction of sp³-hybridized carbons (Fsp3) is 0.158. The zero-order valence-electron chi connectivity index (χ0n) is 13.5. The van der Waals surface area contributed by atoms with Crippen molar-refractivity contribution in [3.63, 3.8) is 0 Å². The second kappa shape index (κ2) is 8.19. The van der Waals surface area contributed by atoms with Gasteiger partial charge >= 0.3 is 0 Å². The van der Waals surface area contributed by atoms with Gasteiger partial charge in [0.05, 0.1) is 18.4 Å². The Morgan fingerprint density at radius 3 is 2.60 bits per heavy atom. The Bertz CT molecular complexity index is 859. The Morgan fingerprint density at radius 2 is 1.84 bits per heavy atom. The van der Waals surface area contributed by atoms with Gasteiger partial charge in [0.25, 0.3) is 0 Å². The number of benzene rings is 2. The van der Waals surface area contributed by atoms with Gasteiger partial charge in [0, 0.05) is 22.7 Å². The van der Waals surface area contributed by atoms with E-state index in [2.05, 4.69) is 10.4 Å². The number of anilines is 1. The van der Waals surface area contributed by atoms with Crippen molar-refractivity contribution >= 4 is 34.8 Å². The molecule has 0 aliphatic rings. The van der Waals surface area contributed by atoms with Crippen LogP contribution in [0.4, 0.5) is 5.69 Å². The number of nitrogens with one attached hydrogen (secondary N) is 1. The van der Waals surface area contributed by atoms with Gasteiger partial charge in [-0.1, -0.05) is 53.5 Å². The van der Waals surface area contributed by atoms with E-state index in [1.165, 1.54) is 0 Å². The molecule has 0 aliphatic carbocycles. The summed E-state index contributed by atoms with van der Waals surface area (Å²) in [5.41, 5.74) is 2.73. The molecule has 0 bridgehead atoms. The number of aryl methyl sites for hydroxylation is 1. The number of hydrogen-bond acceptors (Lipinski definition) is 2. The molecule has 6 heteroatoms. The highest BCUT2D eigenvalue weighted by Crippen LogP contribution is 2.17. The molecule has 0 radical (unpaired) electrons. The number of hydrogen-bond donors (Lipinski definition) is 1. The molecule has 0 atom stereocenters.